The fourth-order valence-electron chi connectivity index (χ4n) is 4.17. The molecular weight excluding hydrogens is 390 g/mol. The Balaban J connectivity index is 1.77. The first kappa shape index (κ1) is 19.3. The molecule has 0 saturated heterocycles. The van der Waals surface area contributed by atoms with Crippen molar-refractivity contribution in [1.82, 2.24) is 0 Å². The van der Waals surface area contributed by atoms with Gasteiger partial charge in [0.05, 0.1) is 6.10 Å². The van der Waals surface area contributed by atoms with E-state index >= 15 is 0 Å². The molecule has 0 amide bonds. The molecule has 2 aliphatic rings. The molecule has 3 atom stereocenters. The minimum atomic E-state index is -0.540. The zero-order valence-electron chi connectivity index (χ0n) is 16.2. The summed E-state index contributed by atoms with van der Waals surface area (Å²) in [6, 6.07) is 8.09. The van der Waals surface area contributed by atoms with E-state index in [9.17, 15) is 9.59 Å². The second kappa shape index (κ2) is 7.76. The average molecular weight is 414 g/mol. The van der Waals surface area contributed by atoms with Gasteiger partial charge < -0.3 is 4.74 Å². The summed E-state index contributed by atoms with van der Waals surface area (Å²) in [4.78, 5) is 33.2. The van der Waals surface area contributed by atoms with Gasteiger partial charge in [0.15, 0.2) is 5.78 Å². The van der Waals surface area contributed by atoms with Crippen LogP contribution in [0.3, 0.4) is 0 Å². The van der Waals surface area contributed by atoms with E-state index in [0.29, 0.717) is 12.0 Å². The molecule has 1 aliphatic heterocycles. The number of nitrogens with zero attached hydrogens (tertiary/aromatic N) is 1. The largest absolute Gasteiger partial charge is 0.462 e. The Bertz CT molecular complexity index is 939. The molecule has 146 valence electrons. The van der Waals surface area contributed by atoms with Gasteiger partial charge in [-0.2, -0.15) is 0 Å². The van der Waals surface area contributed by atoms with Crippen LogP contribution in [-0.4, -0.2) is 23.6 Å². The number of esters is 1. The lowest BCUT2D eigenvalue weighted by Gasteiger charge is -2.35. The van der Waals surface area contributed by atoms with Crippen molar-refractivity contribution in [2.75, 3.05) is 0 Å². The van der Waals surface area contributed by atoms with Crippen molar-refractivity contribution >= 4 is 40.1 Å². The Hall–Kier alpha value is -2.05. The maximum absolute atomic E-state index is 13.3. The number of allylic oxidation sites excluding steroid dienone is 2. The zero-order valence-corrected chi connectivity index (χ0v) is 17.8. The maximum Gasteiger partial charge on any atom is 0.315 e. The molecule has 0 fully saturated rings. The molecule has 0 spiro atoms. The minimum absolute atomic E-state index is 0.108. The molecule has 0 aromatic carbocycles. The van der Waals surface area contributed by atoms with Crippen LogP contribution in [-0.2, 0) is 14.3 Å². The van der Waals surface area contributed by atoms with E-state index < -0.39 is 5.92 Å². The summed E-state index contributed by atoms with van der Waals surface area (Å²) in [7, 11) is 0. The predicted molar refractivity (Wildman–Crippen MR) is 113 cm³/mol. The van der Waals surface area contributed by atoms with Crippen molar-refractivity contribution in [3.8, 4) is 0 Å². The number of thiophene rings is 2. The van der Waals surface area contributed by atoms with Gasteiger partial charge in [-0.3, -0.25) is 14.6 Å². The van der Waals surface area contributed by atoms with Crippen molar-refractivity contribution in [2.24, 2.45) is 10.9 Å². The van der Waals surface area contributed by atoms with Gasteiger partial charge in [0.1, 0.15) is 5.92 Å². The first-order chi connectivity index (χ1) is 13.5. The number of hydrogen-bond donors (Lipinski definition) is 0. The van der Waals surface area contributed by atoms with Crippen LogP contribution < -0.4 is 0 Å². The van der Waals surface area contributed by atoms with Crippen LogP contribution in [0, 0.1) is 5.92 Å². The molecule has 1 unspecified atom stereocenters. The second-order valence-corrected chi connectivity index (χ2v) is 9.57. The lowest BCUT2D eigenvalue weighted by Crippen LogP contribution is -2.38. The fraction of sp³-hybridized carbons (Fsp3) is 0.409. The number of hydrogen-bond acceptors (Lipinski definition) is 6. The van der Waals surface area contributed by atoms with Gasteiger partial charge in [-0.1, -0.05) is 12.1 Å². The summed E-state index contributed by atoms with van der Waals surface area (Å²) in [5.74, 6) is -0.852. The molecule has 6 heteroatoms. The van der Waals surface area contributed by atoms with Gasteiger partial charge in [0, 0.05) is 45.0 Å². The van der Waals surface area contributed by atoms with Gasteiger partial charge >= 0.3 is 5.97 Å². The highest BCUT2D eigenvalue weighted by atomic mass is 32.1. The smallest absolute Gasteiger partial charge is 0.315 e. The second-order valence-electron chi connectivity index (χ2n) is 7.61. The van der Waals surface area contributed by atoms with E-state index in [1.165, 1.54) is 4.88 Å². The molecule has 4 rings (SSSR count). The summed E-state index contributed by atoms with van der Waals surface area (Å²) in [6.45, 7) is 5.57. The first-order valence-electron chi connectivity index (χ1n) is 9.54. The molecule has 2 aromatic heterocycles. The third-order valence-corrected chi connectivity index (χ3v) is 7.28. The number of rotatable bonds is 4. The van der Waals surface area contributed by atoms with Crippen LogP contribution in [0.1, 0.15) is 55.2 Å². The average Bonchev–Trinajstić information content (AvgIpc) is 3.33. The number of aliphatic imine (C=N–C) groups is 1. The normalized spacial score (nSPS) is 24.9. The van der Waals surface area contributed by atoms with E-state index in [0.717, 1.165) is 22.7 Å². The van der Waals surface area contributed by atoms with Crippen LogP contribution in [0.5, 0.6) is 0 Å². The number of ether oxygens (including phenoxy) is 1. The molecule has 28 heavy (non-hydrogen) atoms. The van der Waals surface area contributed by atoms with Crippen LogP contribution in [0.15, 0.2) is 51.3 Å². The Morgan fingerprint density at radius 3 is 2.43 bits per heavy atom. The first-order valence-corrected chi connectivity index (χ1v) is 11.3. The van der Waals surface area contributed by atoms with Gasteiger partial charge in [-0.05, 0) is 50.1 Å². The molecule has 4 nitrogen and oxygen atoms in total. The molecule has 2 aromatic rings. The van der Waals surface area contributed by atoms with Gasteiger partial charge in [0.2, 0.25) is 0 Å². The summed E-state index contributed by atoms with van der Waals surface area (Å²) in [5.41, 5.74) is 2.30. The molecule has 0 bridgehead atoms. The minimum Gasteiger partial charge on any atom is -0.462 e. The number of Topliss-reactive ketones (excluding diaryl/α,β-unsaturated/α-hetero) is 1. The molecule has 0 radical (unpaired) electrons. The number of carbonyl (C=O) groups excluding carboxylic acids is 2. The Morgan fingerprint density at radius 2 is 1.82 bits per heavy atom. The van der Waals surface area contributed by atoms with E-state index in [-0.39, 0.29) is 29.7 Å². The SMILES string of the molecule is CC1=NC2=C(C(=O)C[C@H](c3cccs3)C2)[C@@H](c2cccs2)C1C(=O)OC(C)C. The Morgan fingerprint density at radius 1 is 1.14 bits per heavy atom. The quantitative estimate of drug-likeness (QED) is 0.636. The van der Waals surface area contributed by atoms with Crippen molar-refractivity contribution in [3.63, 3.8) is 0 Å². The molecule has 3 heterocycles. The Kier molecular flexibility index (Phi) is 5.34. The topological polar surface area (TPSA) is 55.7 Å². The number of carbonyl (C=O) groups is 2. The van der Waals surface area contributed by atoms with Crippen molar-refractivity contribution < 1.29 is 14.3 Å². The van der Waals surface area contributed by atoms with Crippen LogP contribution >= 0.6 is 22.7 Å². The summed E-state index contributed by atoms with van der Waals surface area (Å²) < 4.78 is 5.54. The van der Waals surface area contributed by atoms with Crippen LogP contribution in [0.25, 0.3) is 0 Å². The summed E-state index contributed by atoms with van der Waals surface area (Å²) in [5, 5.41) is 4.04. The number of ketones is 1. The molecule has 1 aliphatic carbocycles. The zero-order chi connectivity index (χ0) is 19.8. The van der Waals surface area contributed by atoms with Crippen LogP contribution in [0.4, 0.5) is 0 Å². The van der Waals surface area contributed by atoms with Crippen molar-refractivity contribution in [1.29, 1.82) is 0 Å². The molecule has 0 saturated carbocycles. The van der Waals surface area contributed by atoms with E-state index in [1.54, 1.807) is 22.7 Å². The van der Waals surface area contributed by atoms with E-state index in [1.807, 2.05) is 49.7 Å². The van der Waals surface area contributed by atoms with E-state index in [2.05, 4.69) is 6.07 Å². The maximum atomic E-state index is 13.3. The standard InChI is InChI=1S/C22H23NO3S2/c1-12(2)26-22(25)19-13(3)23-15-10-14(17-6-4-8-27-17)11-16(24)20(15)21(19)18-7-5-9-28-18/h4-9,12,14,19,21H,10-11H2,1-3H3/t14-,19?,21+/m1/s1. The van der Waals surface area contributed by atoms with Gasteiger partial charge in [-0.15, -0.1) is 22.7 Å². The highest BCUT2D eigenvalue weighted by molar-refractivity contribution is 7.10. The van der Waals surface area contributed by atoms with Gasteiger partial charge in [-0.25, -0.2) is 0 Å². The highest BCUT2D eigenvalue weighted by Gasteiger charge is 2.45. The summed E-state index contributed by atoms with van der Waals surface area (Å²) >= 11 is 3.27. The van der Waals surface area contributed by atoms with Crippen molar-refractivity contribution in [2.45, 2.75) is 51.6 Å². The van der Waals surface area contributed by atoms with Crippen LogP contribution in [0.2, 0.25) is 0 Å². The molecular formula is C22H23NO3S2. The van der Waals surface area contributed by atoms with Gasteiger partial charge in [0.25, 0.3) is 0 Å². The lowest BCUT2D eigenvalue weighted by atomic mass is 9.72. The van der Waals surface area contributed by atoms with Crippen molar-refractivity contribution in [3.05, 3.63) is 56.1 Å². The molecule has 0 N–H and O–H groups in total. The predicted octanol–water partition coefficient (Wildman–Crippen LogP) is 5.34. The third kappa shape index (κ3) is 3.51. The lowest BCUT2D eigenvalue weighted by molar-refractivity contribution is -0.150. The third-order valence-electron chi connectivity index (χ3n) is 5.29. The Labute approximate surface area is 173 Å². The summed E-state index contributed by atoms with van der Waals surface area (Å²) in [6.07, 6.45) is 1.01. The highest BCUT2D eigenvalue weighted by Crippen LogP contribution is 2.48. The van der Waals surface area contributed by atoms with E-state index in [4.69, 9.17) is 9.73 Å². The fourth-order valence-corrected chi connectivity index (χ4v) is 5.87. The monoisotopic (exact) mass is 413 g/mol.